The van der Waals surface area contributed by atoms with Crippen molar-refractivity contribution in [3.63, 3.8) is 0 Å². The van der Waals surface area contributed by atoms with Gasteiger partial charge in [0, 0.05) is 17.8 Å². The van der Waals surface area contributed by atoms with E-state index in [0.717, 1.165) is 24.4 Å². The van der Waals surface area contributed by atoms with Gasteiger partial charge in [0.05, 0.1) is 5.69 Å². The second-order valence-electron chi connectivity index (χ2n) is 5.69. The molecule has 1 amide bonds. The van der Waals surface area contributed by atoms with Crippen molar-refractivity contribution < 1.29 is 4.79 Å². The van der Waals surface area contributed by atoms with E-state index in [0.29, 0.717) is 18.5 Å². The normalized spacial score (nSPS) is 27.3. The lowest BCUT2D eigenvalue weighted by atomic mass is 9.89. The average Bonchev–Trinajstić information content (AvgIpc) is 2.63. The van der Waals surface area contributed by atoms with E-state index in [-0.39, 0.29) is 11.9 Å². The molecule has 106 valence electrons. The topological polar surface area (TPSA) is 59.0 Å². The molecule has 1 saturated heterocycles. The Bertz CT molecular complexity index is 444. The van der Waals surface area contributed by atoms with Crippen molar-refractivity contribution in [1.29, 1.82) is 0 Å². The number of aromatic nitrogens is 2. The molecule has 0 bridgehead atoms. The molecule has 3 atom stereocenters. The summed E-state index contributed by atoms with van der Waals surface area (Å²) in [6.45, 7) is 9.58. The smallest absolute Gasteiger partial charge is 0.242 e. The minimum absolute atomic E-state index is 0.0404. The van der Waals surface area contributed by atoms with Crippen LogP contribution in [0.25, 0.3) is 0 Å². The fraction of sp³-hybridized carbons (Fsp3) is 0.714. The maximum absolute atomic E-state index is 12.1. The molecule has 2 heterocycles. The molecule has 0 radical (unpaired) electrons. The van der Waals surface area contributed by atoms with E-state index >= 15 is 0 Å². The van der Waals surface area contributed by atoms with E-state index in [1.807, 2.05) is 19.9 Å². The fourth-order valence-electron chi connectivity index (χ4n) is 2.81. The van der Waals surface area contributed by atoms with Gasteiger partial charge in [-0.2, -0.15) is 5.10 Å². The van der Waals surface area contributed by atoms with Gasteiger partial charge in [0.15, 0.2) is 0 Å². The Morgan fingerprint density at radius 2 is 2.26 bits per heavy atom. The maximum Gasteiger partial charge on any atom is 0.242 e. The Morgan fingerprint density at radius 1 is 1.53 bits per heavy atom. The molecule has 1 fully saturated rings. The van der Waals surface area contributed by atoms with Gasteiger partial charge in [0.25, 0.3) is 0 Å². The summed E-state index contributed by atoms with van der Waals surface area (Å²) in [4.78, 5) is 12.1. The Hall–Kier alpha value is -1.36. The molecular formula is C14H24N4O. The van der Waals surface area contributed by atoms with Crippen molar-refractivity contribution in [1.82, 2.24) is 20.4 Å². The van der Waals surface area contributed by atoms with Crippen molar-refractivity contribution in [2.45, 2.75) is 52.7 Å². The number of amides is 1. The Labute approximate surface area is 114 Å². The van der Waals surface area contributed by atoms with Gasteiger partial charge in [0.1, 0.15) is 6.54 Å². The third kappa shape index (κ3) is 3.35. The molecular weight excluding hydrogens is 240 g/mol. The van der Waals surface area contributed by atoms with Gasteiger partial charge in [0.2, 0.25) is 5.91 Å². The van der Waals surface area contributed by atoms with E-state index in [4.69, 9.17) is 0 Å². The van der Waals surface area contributed by atoms with Gasteiger partial charge >= 0.3 is 0 Å². The van der Waals surface area contributed by atoms with Gasteiger partial charge in [-0.25, -0.2) is 0 Å². The zero-order valence-electron chi connectivity index (χ0n) is 12.2. The molecule has 1 aromatic rings. The van der Waals surface area contributed by atoms with Crippen LogP contribution in [-0.4, -0.2) is 34.3 Å². The second-order valence-corrected chi connectivity index (χ2v) is 5.69. The third-order valence-electron chi connectivity index (χ3n) is 3.94. The summed E-state index contributed by atoms with van der Waals surface area (Å²) < 4.78 is 1.76. The SMILES string of the molecule is Cc1cc(C)n(CC(=O)NC2C(C)CCNC2C)n1. The molecule has 0 saturated carbocycles. The lowest BCUT2D eigenvalue weighted by Gasteiger charge is -2.36. The van der Waals surface area contributed by atoms with Crippen LogP contribution in [0.2, 0.25) is 0 Å². The van der Waals surface area contributed by atoms with Crippen LogP contribution < -0.4 is 10.6 Å². The molecule has 1 aliphatic heterocycles. The van der Waals surface area contributed by atoms with Crippen LogP contribution >= 0.6 is 0 Å². The molecule has 0 aliphatic carbocycles. The van der Waals surface area contributed by atoms with Crippen LogP contribution in [0.15, 0.2) is 6.07 Å². The molecule has 1 aliphatic rings. The van der Waals surface area contributed by atoms with Gasteiger partial charge in [-0.15, -0.1) is 0 Å². The molecule has 1 aromatic heterocycles. The number of piperidine rings is 1. The predicted octanol–water partition coefficient (Wildman–Crippen LogP) is 1.00. The first-order valence-electron chi connectivity index (χ1n) is 7.01. The zero-order chi connectivity index (χ0) is 14.0. The standard InChI is InChI=1S/C14H24N4O/c1-9-5-6-15-12(4)14(9)16-13(19)8-18-11(3)7-10(2)17-18/h7,9,12,14-15H,5-6,8H2,1-4H3,(H,16,19). The van der Waals surface area contributed by atoms with Gasteiger partial charge in [-0.3, -0.25) is 9.48 Å². The first-order chi connectivity index (χ1) is 8.97. The Kier molecular flexibility index (Phi) is 4.24. The maximum atomic E-state index is 12.1. The number of carbonyl (C=O) groups excluding carboxylic acids is 1. The van der Waals surface area contributed by atoms with Gasteiger partial charge in [-0.1, -0.05) is 6.92 Å². The minimum atomic E-state index is 0.0404. The monoisotopic (exact) mass is 264 g/mol. The second kappa shape index (κ2) is 5.74. The lowest BCUT2D eigenvalue weighted by Crippen LogP contribution is -2.56. The number of nitrogens with zero attached hydrogens (tertiary/aromatic N) is 2. The van der Waals surface area contributed by atoms with Crippen LogP contribution in [0, 0.1) is 19.8 Å². The molecule has 19 heavy (non-hydrogen) atoms. The van der Waals surface area contributed by atoms with Crippen molar-refractivity contribution in [2.75, 3.05) is 6.54 Å². The molecule has 2 rings (SSSR count). The zero-order valence-corrected chi connectivity index (χ0v) is 12.2. The summed E-state index contributed by atoms with van der Waals surface area (Å²) in [7, 11) is 0. The molecule has 0 aromatic carbocycles. The number of nitrogens with one attached hydrogen (secondary N) is 2. The predicted molar refractivity (Wildman–Crippen MR) is 74.9 cm³/mol. The summed E-state index contributed by atoms with van der Waals surface area (Å²) in [6.07, 6.45) is 1.11. The first-order valence-corrected chi connectivity index (χ1v) is 7.01. The van der Waals surface area contributed by atoms with Crippen molar-refractivity contribution in [3.8, 4) is 0 Å². The highest BCUT2D eigenvalue weighted by molar-refractivity contribution is 5.76. The highest BCUT2D eigenvalue weighted by Gasteiger charge is 2.28. The Morgan fingerprint density at radius 3 is 2.84 bits per heavy atom. The first kappa shape index (κ1) is 14.1. The summed E-state index contributed by atoms with van der Waals surface area (Å²) in [5.74, 6) is 0.555. The lowest BCUT2D eigenvalue weighted by molar-refractivity contribution is -0.123. The largest absolute Gasteiger partial charge is 0.350 e. The molecule has 0 spiro atoms. The molecule has 3 unspecified atom stereocenters. The summed E-state index contributed by atoms with van der Waals surface area (Å²) in [6, 6.07) is 2.52. The Balaban J connectivity index is 1.95. The van der Waals surface area contributed by atoms with E-state index in [9.17, 15) is 4.79 Å². The number of rotatable bonds is 3. The summed E-state index contributed by atoms with van der Waals surface area (Å²) in [5.41, 5.74) is 1.97. The van der Waals surface area contributed by atoms with E-state index in [1.54, 1.807) is 4.68 Å². The van der Waals surface area contributed by atoms with E-state index in [1.165, 1.54) is 0 Å². The number of hydrogen-bond acceptors (Lipinski definition) is 3. The molecule has 5 nitrogen and oxygen atoms in total. The number of carbonyl (C=O) groups is 1. The summed E-state index contributed by atoms with van der Waals surface area (Å²) >= 11 is 0. The van der Waals surface area contributed by atoms with Crippen LogP contribution in [0.4, 0.5) is 0 Å². The van der Waals surface area contributed by atoms with E-state index in [2.05, 4.69) is 29.6 Å². The number of aryl methyl sites for hydroxylation is 2. The molecule has 5 heteroatoms. The van der Waals surface area contributed by atoms with Crippen LogP contribution in [0.3, 0.4) is 0 Å². The molecule has 2 N–H and O–H groups in total. The van der Waals surface area contributed by atoms with Gasteiger partial charge < -0.3 is 10.6 Å². The van der Waals surface area contributed by atoms with Crippen molar-refractivity contribution in [3.05, 3.63) is 17.5 Å². The highest BCUT2D eigenvalue weighted by atomic mass is 16.2. The van der Waals surface area contributed by atoms with E-state index < -0.39 is 0 Å². The third-order valence-corrected chi connectivity index (χ3v) is 3.94. The number of hydrogen-bond donors (Lipinski definition) is 2. The van der Waals surface area contributed by atoms with Crippen LogP contribution in [0.5, 0.6) is 0 Å². The quantitative estimate of drug-likeness (QED) is 0.856. The van der Waals surface area contributed by atoms with Crippen molar-refractivity contribution in [2.24, 2.45) is 5.92 Å². The summed E-state index contributed by atoms with van der Waals surface area (Å²) in [5, 5.41) is 10.9. The van der Waals surface area contributed by atoms with Crippen LogP contribution in [0.1, 0.15) is 31.7 Å². The van der Waals surface area contributed by atoms with Crippen molar-refractivity contribution >= 4 is 5.91 Å². The van der Waals surface area contributed by atoms with Crippen LogP contribution in [-0.2, 0) is 11.3 Å². The average molecular weight is 264 g/mol. The highest BCUT2D eigenvalue weighted by Crippen LogP contribution is 2.16. The van der Waals surface area contributed by atoms with Gasteiger partial charge in [-0.05, 0) is 45.7 Å². The fourth-order valence-corrected chi connectivity index (χ4v) is 2.81. The minimum Gasteiger partial charge on any atom is -0.350 e.